The van der Waals surface area contributed by atoms with Crippen molar-refractivity contribution < 1.29 is 9.84 Å². The van der Waals surface area contributed by atoms with E-state index in [4.69, 9.17) is 4.74 Å². The van der Waals surface area contributed by atoms with Gasteiger partial charge in [0.25, 0.3) is 0 Å². The van der Waals surface area contributed by atoms with E-state index in [2.05, 4.69) is 5.32 Å². The van der Waals surface area contributed by atoms with Crippen LogP contribution < -0.4 is 5.32 Å². The van der Waals surface area contributed by atoms with Gasteiger partial charge in [-0.25, -0.2) is 0 Å². The summed E-state index contributed by atoms with van der Waals surface area (Å²) in [7, 11) is 0. The molecular formula is C11H21NO2. The highest BCUT2D eigenvalue weighted by Gasteiger charge is 2.25. The lowest BCUT2D eigenvalue weighted by molar-refractivity contribution is 0.0629. The van der Waals surface area contributed by atoms with Gasteiger partial charge in [0.05, 0.1) is 6.10 Å². The Morgan fingerprint density at radius 2 is 1.93 bits per heavy atom. The molecular weight excluding hydrogens is 178 g/mol. The van der Waals surface area contributed by atoms with E-state index >= 15 is 0 Å². The predicted octanol–water partition coefficient (Wildman–Crippen LogP) is 0.916. The molecule has 1 saturated heterocycles. The van der Waals surface area contributed by atoms with Gasteiger partial charge in [-0.15, -0.1) is 0 Å². The summed E-state index contributed by atoms with van der Waals surface area (Å²) in [6.45, 7) is 2.89. The van der Waals surface area contributed by atoms with Crippen LogP contribution in [0.2, 0.25) is 0 Å². The van der Waals surface area contributed by atoms with Crippen molar-refractivity contribution in [3.05, 3.63) is 0 Å². The topological polar surface area (TPSA) is 41.5 Å². The number of hydrogen-bond donors (Lipinski definition) is 2. The molecule has 1 heterocycles. The maximum absolute atomic E-state index is 9.63. The van der Waals surface area contributed by atoms with Crippen LogP contribution in [0.15, 0.2) is 0 Å². The minimum absolute atomic E-state index is 0.102. The fourth-order valence-electron chi connectivity index (χ4n) is 2.45. The van der Waals surface area contributed by atoms with Gasteiger partial charge in [0, 0.05) is 19.3 Å². The van der Waals surface area contributed by atoms with Gasteiger partial charge in [-0.2, -0.15) is 0 Å². The molecule has 0 unspecified atom stereocenters. The van der Waals surface area contributed by atoms with Crippen molar-refractivity contribution in [3.63, 3.8) is 0 Å². The summed E-state index contributed by atoms with van der Waals surface area (Å²) in [5, 5.41) is 13.1. The van der Waals surface area contributed by atoms with Gasteiger partial charge in [0.2, 0.25) is 0 Å². The number of rotatable bonds is 3. The number of ether oxygens (including phenoxy) is 1. The molecule has 0 spiro atoms. The van der Waals surface area contributed by atoms with Crippen molar-refractivity contribution in [1.82, 2.24) is 5.32 Å². The second-order valence-corrected chi connectivity index (χ2v) is 4.57. The van der Waals surface area contributed by atoms with Crippen LogP contribution in [0.4, 0.5) is 0 Å². The Labute approximate surface area is 85.8 Å². The van der Waals surface area contributed by atoms with Crippen molar-refractivity contribution in [2.24, 2.45) is 5.92 Å². The highest BCUT2D eigenvalue weighted by atomic mass is 16.5. The van der Waals surface area contributed by atoms with E-state index in [1.807, 2.05) is 0 Å². The molecule has 14 heavy (non-hydrogen) atoms. The Balaban J connectivity index is 1.65. The average Bonchev–Trinajstić information content (AvgIpc) is 2.63. The van der Waals surface area contributed by atoms with E-state index in [-0.39, 0.29) is 6.10 Å². The lowest BCUT2D eigenvalue weighted by Gasteiger charge is -2.25. The lowest BCUT2D eigenvalue weighted by Crippen LogP contribution is -2.39. The van der Waals surface area contributed by atoms with Gasteiger partial charge in [-0.1, -0.05) is 0 Å². The molecule has 2 N–H and O–H groups in total. The third-order valence-electron chi connectivity index (χ3n) is 3.49. The molecule has 0 aromatic rings. The van der Waals surface area contributed by atoms with Gasteiger partial charge < -0.3 is 15.2 Å². The Bertz CT molecular complexity index is 169. The molecule has 0 radical (unpaired) electrons. The van der Waals surface area contributed by atoms with Crippen molar-refractivity contribution in [1.29, 1.82) is 0 Å². The Morgan fingerprint density at radius 3 is 2.57 bits per heavy atom. The van der Waals surface area contributed by atoms with E-state index in [0.29, 0.717) is 6.04 Å². The summed E-state index contributed by atoms with van der Waals surface area (Å²) in [5.74, 6) is 0.761. The van der Waals surface area contributed by atoms with E-state index < -0.39 is 0 Å². The lowest BCUT2D eigenvalue weighted by atomic mass is 10.00. The molecule has 2 fully saturated rings. The third kappa shape index (κ3) is 2.69. The Morgan fingerprint density at radius 1 is 1.14 bits per heavy atom. The summed E-state index contributed by atoms with van der Waals surface area (Å²) in [4.78, 5) is 0. The van der Waals surface area contributed by atoms with Crippen LogP contribution in [0, 0.1) is 5.92 Å². The van der Waals surface area contributed by atoms with Crippen LogP contribution in [-0.2, 0) is 4.74 Å². The summed E-state index contributed by atoms with van der Waals surface area (Å²) in [6.07, 6.45) is 5.54. The van der Waals surface area contributed by atoms with E-state index in [1.165, 1.54) is 19.3 Å². The standard InChI is InChI=1S/C11H21NO2/c13-11-3-1-2-10(11)12-8-9-4-6-14-7-5-9/h9-13H,1-8H2/t10-,11-/m0/s1. The molecule has 2 atom stereocenters. The molecule has 1 aliphatic carbocycles. The number of aliphatic hydroxyl groups excluding tert-OH is 1. The fraction of sp³-hybridized carbons (Fsp3) is 1.00. The largest absolute Gasteiger partial charge is 0.392 e. The molecule has 3 nitrogen and oxygen atoms in total. The Hall–Kier alpha value is -0.120. The SMILES string of the molecule is O[C@H]1CCC[C@@H]1NCC1CCOCC1. The summed E-state index contributed by atoms with van der Waals surface area (Å²) >= 11 is 0. The molecule has 2 rings (SSSR count). The van der Waals surface area contributed by atoms with Gasteiger partial charge in [0.1, 0.15) is 0 Å². The van der Waals surface area contributed by atoms with Crippen LogP contribution in [0.25, 0.3) is 0 Å². The summed E-state index contributed by atoms with van der Waals surface area (Å²) < 4.78 is 5.32. The van der Waals surface area contributed by atoms with E-state index in [9.17, 15) is 5.11 Å². The minimum Gasteiger partial charge on any atom is -0.392 e. The molecule has 1 saturated carbocycles. The van der Waals surface area contributed by atoms with Crippen LogP contribution in [-0.4, -0.2) is 37.0 Å². The van der Waals surface area contributed by atoms with Crippen LogP contribution in [0.5, 0.6) is 0 Å². The zero-order valence-corrected chi connectivity index (χ0v) is 8.74. The first-order chi connectivity index (χ1) is 6.86. The first kappa shape index (κ1) is 10.4. The smallest absolute Gasteiger partial charge is 0.0693 e. The van der Waals surface area contributed by atoms with Crippen LogP contribution in [0.1, 0.15) is 32.1 Å². The van der Waals surface area contributed by atoms with Crippen LogP contribution in [0.3, 0.4) is 0 Å². The monoisotopic (exact) mass is 199 g/mol. The Kier molecular flexibility index (Phi) is 3.79. The fourth-order valence-corrected chi connectivity index (χ4v) is 2.45. The van der Waals surface area contributed by atoms with Gasteiger partial charge in [-0.3, -0.25) is 0 Å². The first-order valence-corrected chi connectivity index (χ1v) is 5.85. The minimum atomic E-state index is -0.102. The summed E-state index contributed by atoms with van der Waals surface area (Å²) in [5.41, 5.74) is 0. The van der Waals surface area contributed by atoms with Crippen LogP contribution >= 0.6 is 0 Å². The second kappa shape index (κ2) is 5.10. The molecule has 82 valence electrons. The zero-order chi connectivity index (χ0) is 9.80. The maximum Gasteiger partial charge on any atom is 0.0693 e. The predicted molar refractivity (Wildman–Crippen MR) is 55.2 cm³/mol. The number of nitrogens with one attached hydrogen (secondary N) is 1. The highest BCUT2D eigenvalue weighted by Crippen LogP contribution is 2.20. The van der Waals surface area contributed by atoms with Gasteiger partial charge in [-0.05, 0) is 44.6 Å². The molecule has 0 aromatic carbocycles. The first-order valence-electron chi connectivity index (χ1n) is 5.85. The second-order valence-electron chi connectivity index (χ2n) is 4.57. The quantitative estimate of drug-likeness (QED) is 0.710. The van der Waals surface area contributed by atoms with Crippen molar-refractivity contribution in [3.8, 4) is 0 Å². The van der Waals surface area contributed by atoms with Gasteiger partial charge >= 0.3 is 0 Å². The van der Waals surface area contributed by atoms with Crippen molar-refractivity contribution in [2.45, 2.75) is 44.2 Å². The normalized spacial score (nSPS) is 34.9. The zero-order valence-electron chi connectivity index (χ0n) is 8.74. The average molecular weight is 199 g/mol. The van der Waals surface area contributed by atoms with Crippen molar-refractivity contribution >= 4 is 0 Å². The molecule has 2 aliphatic rings. The van der Waals surface area contributed by atoms with E-state index in [0.717, 1.165) is 38.5 Å². The van der Waals surface area contributed by atoms with Crippen molar-refractivity contribution in [2.75, 3.05) is 19.8 Å². The third-order valence-corrected chi connectivity index (χ3v) is 3.49. The maximum atomic E-state index is 9.63. The highest BCUT2D eigenvalue weighted by molar-refractivity contribution is 4.83. The number of hydrogen-bond acceptors (Lipinski definition) is 3. The molecule has 0 amide bonds. The summed E-state index contributed by atoms with van der Waals surface area (Å²) in [6, 6.07) is 0.359. The molecule has 1 aliphatic heterocycles. The molecule has 0 bridgehead atoms. The van der Waals surface area contributed by atoms with E-state index in [1.54, 1.807) is 0 Å². The van der Waals surface area contributed by atoms with Gasteiger partial charge in [0.15, 0.2) is 0 Å². The number of aliphatic hydroxyl groups is 1. The molecule has 0 aromatic heterocycles. The molecule has 3 heteroatoms.